The standard InChI is InChI=1S/C5H6INOS/c6-5-2-1-4(9-5)3-8-7/h1-2H,3,7H2. The molecule has 0 radical (unpaired) electrons. The summed E-state index contributed by atoms with van der Waals surface area (Å²) in [4.78, 5) is 5.62. The smallest absolute Gasteiger partial charge is 0.102 e. The first-order chi connectivity index (χ1) is 4.33. The van der Waals surface area contributed by atoms with Crippen molar-refractivity contribution < 1.29 is 4.84 Å². The minimum absolute atomic E-state index is 0.521. The number of thiophene rings is 1. The third-order valence-electron chi connectivity index (χ3n) is 0.854. The maximum atomic E-state index is 4.87. The molecule has 2 N–H and O–H groups in total. The monoisotopic (exact) mass is 255 g/mol. The molecule has 0 amide bonds. The number of hydrogen-bond acceptors (Lipinski definition) is 3. The Morgan fingerprint density at radius 2 is 2.44 bits per heavy atom. The topological polar surface area (TPSA) is 35.2 Å². The molecule has 0 saturated carbocycles. The highest BCUT2D eigenvalue weighted by molar-refractivity contribution is 14.1. The first kappa shape index (κ1) is 7.46. The van der Waals surface area contributed by atoms with Crippen molar-refractivity contribution in [3.05, 3.63) is 19.9 Å². The van der Waals surface area contributed by atoms with Crippen molar-refractivity contribution in [2.45, 2.75) is 6.61 Å². The van der Waals surface area contributed by atoms with Crippen LogP contribution in [-0.2, 0) is 11.4 Å². The van der Waals surface area contributed by atoms with Gasteiger partial charge in [-0.05, 0) is 34.7 Å². The second-order valence-corrected chi connectivity index (χ2v) is 4.58. The van der Waals surface area contributed by atoms with Gasteiger partial charge in [0.1, 0.15) is 6.61 Å². The van der Waals surface area contributed by atoms with E-state index in [1.54, 1.807) is 11.3 Å². The van der Waals surface area contributed by atoms with Crippen molar-refractivity contribution in [3.8, 4) is 0 Å². The van der Waals surface area contributed by atoms with Gasteiger partial charge in [0.2, 0.25) is 0 Å². The Morgan fingerprint density at radius 1 is 1.67 bits per heavy atom. The molecular formula is C5H6INOS. The molecule has 0 fully saturated rings. The molecule has 0 spiro atoms. The number of hydrogen-bond donors (Lipinski definition) is 1. The highest BCUT2D eigenvalue weighted by Gasteiger charge is 1.94. The first-order valence-corrected chi connectivity index (χ1v) is 4.28. The van der Waals surface area contributed by atoms with E-state index in [2.05, 4.69) is 27.4 Å². The molecule has 2 nitrogen and oxygen atoms in total. The van der Waals surface area contributed by atoms with E-state index in [0.717, 1.165) is 0 Å². The maximum Gasteiger partial charge on any atom is 0.102 e. The van der Waals surface area contributed by atoms with Crippen LogP contribution in [0.2, 0.25) is 0 Å². The molecule has 1 aromatic rings. The summed E-state index contributed by atoms with van der Waals surface area (Å²) in [6.07, 6.45) is 0. The van der Waals surface area contributed by atoms with E-state index >= 15 is 0 Å². The predicted molar refractivity (Wildman–Crippen MR) is 46.0 cm³/mol. The van der Waals surface area contributed by atoms with Crippen molar-refractivity contribution in [1.82, 2.24) is 0 Å². The second kappa shape index (κ2) is 3.50. The van der Waals surface area contributed by atoms with Gasteiger partial charge in [-0.1, -0.05) is 0 Å². The molecule has 0 saturated heterocycles. The Bertz CT molecular complexity index is 189. The Balaban J connectivity index is 2.61. The normalized spacial score (nSPS) is 10.0. The van der Waals surface area contributed by atoms with Crippen molar-refractivity contribution in [1.29, 1.82) is 0 Å². The van der Waals surface area contributed by atoms with Gasteiger partial charge in [-0.2, -0.15) is 0 Å². The summed E-state index contributed by atoms with van der Waals surface area (Å²) in [5.41, 5.74) is 0. The average Bonchev–Trinajstić information content (AvgIpc) is 2.17. The van der Waals surface area contributed by atoms with E-state index in [1.807, 2.05) is 12.1 Å². The molecule has 0 aliphatic heterocycles. The molecule has 1 aromatic heterocycles. The highest BCUT2D eigenvalue weighted by atomic mass is 127. The molecule has 0 aliphatic carbocycles. The molecule has 0 bridgehead atoms. The molecule has 4 heteroatoms. The number of halogens is 1. The lowest BCUT2D eigenvalue weighted by atomic mass is 10.5. The van der Waals surface area contributed by atoms with Crippen LogP contribution in [-0.4, -0.2) is 0 Å². The van der Waals surface area contributed by atoms with Crippen LogP contribution in [0.4, 0.5) is 0 Å². The summed E-state index contributed by atoms with van der Waals surface area (Å²) in [6, 6.07) is 4.05. The minimum atomic E-state index is 0.521. The Labute approximate surface area is 71.1 Å². The van der Waals surface area contributed by atoms with Gasteiger partial charge in [0, 0.05) is 4.88 Å². The molecule has 0 aliphatic rings. The molecule has 50 valence electrons. The Hall–Kier alpha value is 0.350. The Kier molecular flexibility index (Phi) is 2.90. The van der Waals surface area contributed by atoms with Gasteiger partial charge in [-0.25, -0.2) is 5.90 Å². The van der Waals surface area contributed by atoms with Crippen LogP contribution < -0.4 is 5.90 Å². The molecule has 1 heterocycles. The zero-order valence-corrected chi connectivity index (χ0v) is 7.61. The average molecular weight is 255 g/mol. The van der Waals surface area contributed by atoms with Crippen LogP contribution in [0.25, 0.3) is 0 Å². The molecule has 0 aromatic carbocycles. The van der Waals surface area contributed by atoms with Crippen molar-refractivity contribution in [2.75, 3.05) is 0 Å². The van der Waals surface area contributed by atoms with Gasteiger partial charge in [0.05, 0.1) is 2.88 Å². The summed E-state index contributed by atoms with van der Waals surface area (Å²) >= 11 is 3.96. The van der Waals surface area contributed by atoms with Gasteiger partial charge < -0.3 is 0 Å². The SMILES string of the molecule is NOCc1ccc(I)s1. The summed E-state index contributed by atoms with van der Waals surface area (Å²) in [6.45, 7) is 0.521. The molecule has 1 rings (SSSR count). The van der Waals surface area contributed by atoms with E-state index in [1.165, 1.54) is 7.76 Å². The Morgan fingerprint density at radius 3 is 2.89 bits per heavy atom. The lowest BCUT2D eigenvalue weighted by Crippen LogP contribution is -1.96. The zero-order valence-electron chi connectivity index (χ0n) is 4.63. The molecular weight excluding hydrogens is 249 g/mol. The van der Waals surface area contributed by atoms with Crippen molar-refractivity contribution in [3.63, 3.8) is 0 Å². The largest absolute Gasteiger partial charge is 0.299 e. The number of nitrogens with two attached hydrogens (primary N) is 1. The van der Waals surface area contributed by atoms with E-state index in [-0.39, 0.29) is 0 Å². The summed E-state index contributed by atoms with van der Waals surface area (Å²) < 4.78 is 1.26. The fourth-order valence-electron chi connectivity index (χ4n) is 0.511. The predicted octanol–water partition coefficient (Wildman–Crippen LogP) is 1.74. The van der Waals surface area contributed by atoms with Crippen LogP contribution >= 0.6 is 33.9 Å². The summed E-state index contributed by atoms with van der Waals surface area (Å²) in [7, 11) is 0. The van der Waals surface area contributed by atoms with Crippen LogP contribution in [0, 0.1) is 2.88 Å². The third kappa shape index (κ3) is 2.21. The van der Waals surface area contributed by atoms with Crippen molar-refractivity contribution >= 4 is 33.9 Å². The van der Waals surface area contributed by atoms with E-state index in [4.69, 9.17) is 5.90 Å². The fourth-order valence-corrected chi connectivity index (χ4v) is 2.19. The van der Waals surface area contributed by atoms with Gasteiger partial charge >= 0.3 is 0 Å². The van der Waals surface area contributed by atoms with Gasteiger partial charge in [0.25, 0.3) is 0 Å². The lowest BCUT2D eigenvalue weighted by molar-refractivity contribution is 0.126. The fraction of sp³-hybridized carbons (Fsp3) is 0.200. The van der Waals surface area contributed by atoms with E-state index in [9.17, 15) is 0 Å². The van der Waals surface area contributed by atoms with Gasteiger partial charge in [-0.15, -0.1) is 11.3 Å². The zero-order chi connectivity index (χ0) is 6.69. The van der Waals surface area contributed by atoms with Crippen molar-refractivity contribution in [2.24, 2.45) is 5.90 Å². The molecule has 0 unspecified atom stereocenters. The molecule has 0 atom stereocenters. The summed E-state index contributed by atoms with van der Waals surface area (Å²) in [5.74, 6) is 4.87. The second-order valence-electron chi connectivity index (χ2n) is 1.52. The first-order valence-electron chi connectivity index (χ1n) is 2.39. The van der Waals surface area contributed by atoms with E-state index in [0.29, 0.717) is 6.61 Å². The van der Waals surface area contributed by atoms with Crippen LogP contribution in [0.15, 0.2) is 12.1 Å². The van der Waals surface area contributed by atoms with Crippen LogP contribution in [0.5, 0.6) is 0 Å². The maximum absolute atomic E-state index is 4.87. The quantitative estimate of drug-likeness (QED) is 0.645. The van der Waals surface area contributed by atoms with E-state index < -0.39 is 0 Å². The third-order valence-corrected chi connectivity index (χ3v) is 2.72. The van der Waals surface area contributed by atoms with Crippen LogP contribution in [0.1, 0.15) is 4.88 Å². The van der Waals surface area contributed by atoms with Gasteiger partial charge in [0.15, 0.2) is 0 Å². The van der Waals surface area contributed by atoms with Crippen LogP contribution in [0.3, 0.4) is 0 Å². The number of rotatable bonds is 2. The summed E-state index contributed by atoms with van der Waals surface area (Å²) in [5, 5.41) is 0. The van der Waals surface area contributed by atoms with Gasteiger partial charge in [-0.3, -0.25) is 4.84 Å². The minimum Gasteiger partial charge on any atom is -0.299 e. The molecule has 9 heavy (non-hydrogen) atoms. The highest BCUT2D eigenvalue weighted by Crippen LogP contribution is 2.17. The lowest BCUT2D eigenvalue weighted by Gasteiger charge is -1.88.